The summed E-state index contributed by atoms with van der Waals surface area (Å²) in [6.07, 6.45) is -1.41. The Labute approximate surface area is 287 Å². The molecule has 0 spiro atoms. The monoisotopic (exact) mass is 690 g/mol. The van der Waals surface area contributed by atoms with Crippen LogP contribution in [0.5, 0.6) is 0 Å². The van der Waals surface area contributed by atoms with Crippen molar-refractivity contribution in [1.82, 2.24) is 5.32 Å². The van der Waals surface area contributed by atoms with Crippen molar-refractivity contribution in [3.8, 4) is 0 Å². The minimum absolute atomic E-state index is 0.0168. The zero-order valence-electron chi connectivity index (χ0n) is 29.6. The highest BCUT2D eigenvalue weighted by atomic mass is 16.6. The van der Waals surface area contributed by atoms with Crippen LogP contribution in [-0.2, 0) is 42.9 Å². The molecule has 2 bridgehead atoms. The largest absolute Gasteiger partial charge is 0.492 e. The Bertz CT molecular complexity index is 1420. The van der Waals surface area contributed by atoms with Crippen LogP contribution >= 0.6 is 0 Å². The van der Waals surface area contributed by atoms with Crippen molar-refractivity contribution in [3.63, 3.8) is 0 Å². The van der Waals surface area contributed by atoms with E-state index in [0.29, 0.717) is 5.57 Å². The normalized spacial score (nSPS) is 27.6. The number of rotatable bonds is 9. The second-order valence-corrected chi connectivity index (χ2v) is 12.4. The molecule has 0 aromatic carbocycles. The first-order valence-corrected chi connectivity index (χ1v) is 15.9. The van der Waals surface area contributed by atoms with E-state index in [0.717, 1.165) is 0 Å². The van der Waals surface area contributed by atoms with Crippen LogP contribution in [0.2, 0.25) is 0 Å². The smallest absolute Gasteiger partial charge is 0.405 e. The van der Waals surface area contributed by atoms with Gasteiger partial charge in [0.2, 0.25) is 11.6 Å². The molecule has 0 saturated heterocycles. The number of nitrogens with two attached hydrogens (primary N) is 1. The van der Waals surface area contributed by atoms with E-state index in [-0.39, 0.29) is 42.1 Å². The standard InChI is InChI=1S/C35H50N2O12/c1-17-13-22-29(41)27(26(30(42)32(22)47-8)33(48-9)23(39)16-21(5)38)37-34(43)18(2)11-10-12-24(45-6)31(49-35(36)44)20(4)15-19(3)28(40)25(14-17)46-7/h10-12,15,17,19,21,24-25,28,31,33,38,40H,13-14,16H2,1-9H3,(H2,36,44)(H,37,43)/t17-,19+,21-,24+,25+,28-,31+,33-/m1/s1. The van der Waals surface area contributed by atoms with Gasteiger partial charge in [-0.2, -0.15) is 0 Å². The van der Waals surface area contributed by atoms with E-state index in [1.54, 1.807) is 26.8 Å². The number of carbonyl (C=O) groups excluding carboxylic acids is 5. The molecule has 8 atom stereocenters. The first-order valence-electron chi connectivity index (χ1n) is 15.9. The third-order valence-electron chi connectivity index (χ3n) is 8.43. The number of nitrogens with one attached hydrogen (secondary N) is 1. The summed E-state index contributed by atoms with van der Waals surface area (Å²) in [6, 6.07) is 0. The van der Waals surface area contributed by atoms with E-state index in [1.807, 2.05) is 0 Å². The molecule has 14 nitrogen and oxygen atoms in total. The van der Waals surface area contributed by atoms with Gasteiger partial charge >= 0.3 is 6.09 Å². The molecule has 49 heavy (non-hydrogen) atoms. The minimum atomic E-state index is -1.61. The van der Waals surface area contributed by atoms with Gasteiger partial charge in [0, 0.05) is 44.8 Å². The van der Waals surface area contributed by atoms with Crippen molar-refractivity contribution in [2.24, 2.45) is 17.6 Å². The van der Waals surface area contributed by atoms with Gasteiger partial charge in [-0.1, -0.05) is 38.2 Å². The fourth-order valence-corrected chi connectivity index (χ4v) is 5.93. The van der Waals surface area contributed by atoms with Crippen molar-refractivity contribution in [2.45, 2.75) is 90.5 Å². The maximum atomic E-state index is 14.2. The summed E-state index contributed by atoms with van der Waals surface area (Å²) in [5, 5.41) is 23.7. The summed E-state index contributed by atoms with van der Waals surface area (Å²) in [6.45, 7) is 8.10. The van der Waals surface area contributed by atoms with Crippen molar-refractivity contribution in [3.05, 3.63) is 58.1 Å². The highest BCUT2D eigenvalue weighted by Crippen LogP contribution is 2.33. The first kappa shape index (κ1) is 41.2. The molecule has 0 aromatic heterocycles. The maximum absolute atomic E-state index is 14.2. The number of aliphatic hydroxyl groups excluding tert-OH is 2. The third kappa shape index (κ3) is 10.5. The second kappa shape index (κ2) is 18.7. The number of Topliss-reactive ketones (excluding diaryl/α,β-unsaturated/α-hetero) is 3. The Morgan fingerprint density at radius 2 is 1.71 bits per heavy atom. The number of ketones is 3. The predicted octanol–water partition coefficient (Wildman–Crippen LogP) is 2.13. The van der Waals surface area contributed by atoms with Crippen molar-refractivity contribution in [1.29, 1.82) is 0 Å². The summed E-state index contributed by atoms with van der Waals surface area (Å²) in [5.41, 5.74) is 5.06. The summed E-state index contributed by atoms with van der Waals surface area (Å²) >= 11 is 0. The lowest BCUT2D eigenvalue weighted by atomic mass is 9.82. The molecule has 14 heteroatoms. The van der Waals surface area contributed by atoms with Crippen LogP contribution in [0.15, 0.2) is 58.1 Å². The van der Waals surface area contributed by atoms with Gasteiger partial charge in [-0.3, -0.25) is 19.2 Å². The van der Waals surface area contributed by atoms with Crippen molar-refractivity contribution < 1.29 is 57.9 Å². The van der Waals surface area contributed by atoms with Crippen LogP contribution in [0.4, 0.5) is 4.79 Å². The highest BCUT2D eigenvalue weighted by molar-refractivity contribution is 6.27. The van der Waals surface area contributed by atoms with Gasteiger partial charge in [0.15, 0.2) is 17.6 Å². The number of amides is 2. The molecule has 1 aliphatic carbocycles. The van der Waals surface area contributed by atoms with E-state index in [9.17, 15) is 34.2 Å². The van der Waals surface area contributed by atoms with E-state index >= 15 is 0 Å². The molecule has 0 fully saturated rings. The number of allylic oxidation sites excluding steroid dienone is 4. The van der Waals surface area contributed by atoms with Gasteiger partial charge in [0.1, 0.15) is 12.2 Å². The fraction of sp³-hybridized carbons (Fsp3) is 0.571. The molecule has 5 N–H and O–H groups in total. The quantitative estimate of drug-likeness (QED) is 0.203. The van der Waals surface area contributed by atoms with Crippen LogP contribution in [0.1, 0.15) is 53.9 Å². The Morgan fingerprint density at radius 1 is 1.06 bits per heavy atom. The Kier molecular flexibility index (Phi) is 15.7. The van der Waals surface area contributed by atoms with Crippen molar-refractivity contribution >= 4 is 29.4 Å². The molecule has 0 saturated carbocycles. The lowest BCUT2D eigenvalue weighted by molar-refractivity contribution is -0.131. The highest BCUT2D eigenvalue weighted by Gasteiger charge is 2.43. The zero-order chi connectivity index (χ0) is 37.2. The molecule has 0 unspecified atom stereocenters. The number of fused-ring (bicyclic) bond motifs is 2. The van der Waals surface area contributed by atoms with Gasteiger partial charge in [-0.15, -0.1) is 0 Å². The number of carbonyl (C=O) groups is 5. The van der Waals surface area contributed by atoms with Crippen LogP contribution in [0.25, 0.3) is 0 Å². The van der Waals surface area contributed by atoms with Gasteiger partial charge in [0.25, 0.3) is 5.91 Å². The summed E-state index contributed by atoms with van der Waals surface area (Å²) in [7, 11) is 5.21. The molecule has 0 radical (unpaired) electrons. The van der Waals surface area contributed by atoms with Gasteiger partial charge < -0.3 is 44.9 Å². The van der Waals surface area contributed by atoms with Crippen molar-refractivity contribution in [2.75, 3.05) is 28.4 Å². The van der Waals surface area contributed by atoms with E-state index in [4.69, 9.17) is 29.4 Å². The number of hydrogen-bond acceptors (Lipinski definition) is 12. The van der Waals surface area contributed by atoms with Gasteiger partial charge in [-0.05, 0) is 45.1 Å². The lowest BCUT2D eigenvalue weighted by Crippen LogP contribution is -2.42. The molecule has 272 valence electrons. The van der Waals surface area contributed by atoms with Crippen LogP contribution in [-0.4, -0.2) is 105 Å². The first-order chi connectivity index (χ1) is 23.0. The van der Waals surface area contributed by atoms with E-state index < -0.39 is 83.2 Å². The van der Waals surface area contributed by atoms with Crippen LogP contribution in [0.3, 0.4) is 0 Å². The second-order valence-electron chi connectivity index (χ2n) is 12.4. The predicted molar refractivity (Wildman–Crippen MR) is 178 cm³/mol. The van der Waals surface area contributed by atoms with Gasteiger partial charge in [-0.25, -0.2) is 4.79 Å². The third-order valence-corrected chi connectivity index (χ3v) is 8.43. The van der Waals surface area contributed by atoms with Crippen LogP contribution in [0, 0.1) is 11.8 Å². The molecule has 1 aliphatic heterocycles. The zero-order valence-corrected chi connectivity index (χ0v) is 29.6. The summed E-state index contributed by atoms with van der Waals surface area (Å²) in [5.74, 6) is -4.26. The van der Waals surface area contributed by atoms with E-state index in [2.05, 4.69) is 5.32 Å². The fourth-order valence-electron chi connectivity index (χ4n) is 5.93. The van der Waals surface area contributed by atoms with Crippen LogP contribution < -0.4 is 11.1 Å². The summed E-state index contributed by atoms with van der Waals surface area (Å²) < 4.78 is 27.4. The minimum Gasteiger partial charge on any atom is -0.492 e. The number of hydrogen-bond donors (Lipinski definition) is 4. The average Bonchev–Trinajstić information content (AvgIpc) is 3.03. The molecule has 2 rings (SSSR count). The Balaban J connectivity index is 2.83. The van der Waals surface area contributed by atoms with Gasteiger partial charge in [0.05, 0.1) is 36.7 Å². The SMILES string of the molecule is COC1=C2C[C@@H](C)C[C@H](OC)[C@H](O)[C@@H](C)C=C(C)[C@H](OC(N)=O)[C@@H](OC)C=CC=C(C)C(=O)NC(=C([C@H](OC)C(=O)C[C@@H](C)O)C1=O)C2=O. The number of primary amides is 1. The Morgan fingerprint density at radius 3 is 2.24 bits per heavy atom. The summed E-state index contributed by atoms with van der Waals surface area (Å²) in [4.78, 5) is 66.7. The molecule has 2 aliphatic rings. The Hall–Kier alpha value is -3.95. The molecular weight excluding hydrogens is 640 g/mol. The number of ether oxygens (including phenoxy) is 5. The molecule has 1 heterocycles. The lowest BCUT2D eigenvalue weighted by Gasteiger charge is -2.30. The molecule has 0 aromatic rings. The number of methoxy groups -OCH3 is 4. The number of aliphatic hydroxyl groups is 2. The topological polar surface area (TPSA) is 210 Å². The maximum Gasteiger partial charge on any atom is 0.405 e. The molecule has 2 amide bonds. The van der Waals surface area contributed by atoms with E-state index in [1.165, 1.54) is 60.5 Å². The molecular formula is C35H50N2O12. The average molecular weight is 691 g/mol.